The Balaban J connectivity index is 1.39. The van der Waals surface area contributed by atoms with Gasteiger partial charge in [0.1, 0.15) is 5.60 Å². The molecular weight excluding hydrogens is 384 g/mol. The van der Waals surface area contributed by atoms with E-state index in [2.05, 4.69) is 10.2 Å². The molecule has 5 rings (SSSR count). The van der Waals surface area contributed by atoms with Crippen LogP contribution in [-0.4, -0.2) is 63.9 Å². The lowest BCUT2D eigenvalue weighted by Gasteiger charge is -2.27. The van der Waals surface area contributed by atoms with E-state index in [-0.39, 0.29) is 24.5 Å². The number of anilines is 1. The van der Waals surface area contributed by atoms with Gasteiger partial charge in [0.25, 0.3) is 0 Å². The van der Waals surface area contributed by atoms with Crippen molar-refractivity contribution < 1.29 is 19.4 Å². The second-order valence-corrected chi connectivity index (χ2v) is 8.24. The number of benzene rings is 1. The van der Waals surface area contributed by atoms with Gasteiger partial charge in [-0.25, -0.2) is 0 Å². The SMILES string of the molecule is CN(Cc1ccn[nH]1)C(=O)[C@H]1[C@@H]2C=C[C@@]3(CN(c4ccc(CCO)cc4)C(=O)[C@@H]13)O2. The van der Waals surface area contributed by atoms with E-state index in [1.165, 1.54) is 0 Å². The number of nitrogens with zero attached hydrogens (tertiary/aromatic N) is 3. The fraction of sp³-hybridized carbons (Fsp3) is 0.409. The minimum absolute atomic E-state index is 0.0787. The van der Waals surface area contributed by atoms with Gasteiger partial charge < -0.3 is 19.6 Å². The number of carbonyl (C=O) groups excluding carboxylic acids is 2. The number of ether oxygens (including phenoxy) is 1. The standard InChI is InChI=1S/C22H24N4O4/c1-25(12-15-7-10-23-24-15)20(28)18-17-6-9-22(30-17)13-26(21(29)19(18)22)16-4-2-14(3-5-16)8-11-27/h2-7,9-10,17-19,27H,8,11-13H2,1H3,(H,23,24)/t17-,18-,19+,22-/m0/s1. The van der Waals surface area contributed by atoms with Gasteiger partial charge in [-0.1, -0.05) is 24.3 Å². The van der Waals surface area contributed by atoms with Crippen molar-refractivity contribution in [3.05, 3.63) is 59.9 Å². The van der Waals surface area contributed by atoms with Crippen molar-refractivity contribution in [3.63, 3.8) is 0 Å². The summed E-state index contributed by atoms with van der Waals surface area (Å²) < 4.78 is 6.21. The third-order valence-corrected chi connectivity index (χ3v) is 6.38. The number of aromatic nitrogens is 2. The molecular formula is C22H24N4O4. The van der Waals surface area contributed by atoms with Crippen LogP contribution in [0, 0.1) is 11.8 Å². The molecule has 0 radical (unpaired) electrons. The first-order valence-corrected chi connectivity index (χ1v) is 10.1. The number of fused-ring (bicyclic) bond motifs is 1. The van der Waals surface area contributed by atoms with Crippen molar-refractivity contribution in [1.29, 1.82) is 0 Å². The molecule has 1 aromatic carbocycles. The highest BCUT2D eigenvalue weighted by molar-refractivity contribution is 6.03. The van der Waals surface area contributed by atoms with Gasteiger partial charge in [-0.2, -0.15) is 5.10 Å². The Bertz CT molecular complexity index is 987. The molecule has 2 bridgehead atoms. The topological polar surface area (TPSA) is 98.8 Å². The molecule has 2 fully saturated rings. The Morgan fingerprint density at radius 3 is 2.87 bits per heavy atom. The quantitative estimate of drug-likeness (QED) is 0.692. The first kappa shape index (κ1) is 19.0. The molecule has 2 amide bonds. The van der Waals surface area contributed by atoms with Gasteiger partial charge >= 0.3 is 0 Å². The highest BCUT2D eigenvalue weighted by atomic mass is 16.5. The summed E-state index contributed by atoms with van der Waals surface area (Å²) in [5.41, 5.74) is 1.88. The fourth-order valence-corrected chi connectivity index (χ4v) is 4.93. The average molecular weight is 408 g/mol. The molecule has 156 valence electrons. The maximum absolute atomic E-state index is 13.4. The van der Waals surface area contributed by atoms with Crippen LogP contribution in [0.3, 0.4) is 0 Å². The maximum atomic E-state index is 13.4. The number of aromatic amines is 1. The van der Waals surface area contributed by atoms with Crippen LogP contribution >= 0.6 is 0 Å². The Morgan fingerprint density at radius 1 is 1.37 bits per heavy atom. The lowest BCUT2D eigenvalue weighted by atomic mass is 9.76. The molecule has 1 aromatic heterocycles. The molecule has 2 saturated heterocycles. The van der Waals surface area contributed by atoms with E-state index in [1.54, 1.807) is 23.0 Å². The minimum atomic E-state index is -0.749. The molecule has 2 N–H and O–H groups in total. The second kappa shape index (κ2) is 7.07. The molecule has 3 aliphatic rings. The van der Waals surface area contributed by atoms with Crippen LogP contribution in [0.5, 0.6) is 0 Å². The summed E-state index contributed by atoms with van der Waals surface area (Å²) >= 11 is 0. The third-order valence-electron chi connectivity index (χ3n) is 6.38. The van der Waals surface area contributed by atoms with Crippen molar-refractivity contribution in [2.75, 3.05) is 25.1 Å². The van der Waals surface area contributed by atoms with Gasteiger partial charge in [-0.05, 0) is 30.2 Å². The normalized spacial score (nSPS) is 28.9. The first-order valence-electron chi connectivity index (χ1n) is 10.1. The van der Waals surface area contributed by atoms with Gasteiger partial charge in [0.05, 0.1) is 36.7 Å². The van der Waals surface area contributed by atoms with Crippen LogP contribution in [0.1, 0.15) is 11.3 Å². The smallest absolute Gasteiger partial charge is 0.234 e. The second-order valence-electron chi connectivity index (χ2n) is 8.24. The van der Waals surface area contributed by atoms with E-state index in [9.17, 15) is 9.59 Å². The zero-order valence-corrected chi connectivity index (χ0v) is 16.7. The van der Waals surface area contributed by atoms with Gasteiger partial charge in [-0.3, -0.25) is 14.7 Å². The third kappa shape index (κ3) is 2.86. The number of nitrogens with one attached hydrogen (secondary N) is 1. The molecule has 1 spiro atoms. The number of aliphatic hydroxyl groups is 1. The molecule has 0 aliphatic carbocycles. The van der Waals surface area contributed by atoms with Crippen LogP contribution in [0.15, 0.2) is 48.7 Å². The number of rotatable bonds is 6. The lowest BCUT2D eigenvalue weighted by Crippen LogP contribution is -2.44. The number of aliphatic hydroxyl groups excluding tert-OH is 1. The average Bonchev–Trinajstić information content (AvgIpc) is 3.51. The van der Waals surface area contributed by atoms with Crippen molar-refractivity contribution in [1.82, 2.24) is 15.1 Å². The molecule has 4 heterocycles. The van der Waals surface area contributed by atoms with Crippen molar-refractivity contribution in [3.8, 4) is 0 Å². The highest BCUT2D eigenvalue weighted by Gasteiger charge is 2.67. The van der Waals surface area contributed by atoms with Crippen molar-refractivity contribution in [2.45, 2.75) is 24.7 Å². The predicted molar refractivity (Wildman–Crippen MR) is 108 cm³/mol. The van der Waals surface area contributed by atoms with Gasteiger partial charge in [0.15, 0.2) is 0 Å². The van der Waals surface area contributed by atoms with Gasteiger partial charge in [0.2, 0.25) is 11.8 Å². The van der Waals surface area contributed by atoms with E-state index < -0.39 is 17.4 Å². The van der Waals surface area contributed by atoms with Crippen LogP contribution in [0.4, 0.5) is 5.69 Å². The fourth-order valence-electron chi connectivity index (χ4n) is 4.93. The summed E-state index contributed by atoms with van der Waals surface area (Å²) in [5, 5.41) is 15.9. The molecule has 2 aromatic rings. The van der Waals surface area contributed by atoms with Crippen molar-refractivity contribution in [2.24, 2.45) is 11.8 Å². The minimum Gasteiger partial charge on any atom is -0.396 e. The zero-order chi connectivity index (χ0) is 20.9. The summed E-state index contributed by atoms with van der Waals surface area (Å²) in [5.74, 6) is -1.24. The molecule has 4 atom stereocenters. The lowest BCUT2D eigenvalue weighted by molar-refractivity contribution is -0.139. The highest BCUT2D eigenvalue weighted by Crippen LogP contribution is 2.53. The largest absolute Gasteiger partial charge is 0.396 e. The van der Waals surface area contributed by atoms with Crippen LogP contribution in [0.25, 0.3) is 0 Å². The summed E-state index contributed by atoms with van der Waals surface area (Å²) in [6, 6.07) is 9.43. The summed E-state index contributed by atoms with van der Waals surface area (Å²) in [6.07, 6.45) is 5.73. The summed E-state index contributed by atoms with van der Waals surface area (Å²) in [6.45, 7) is 0.885. The summed E-state index contributed by atoms with van der Waals surface area (Å²) in [7, 11) is 1.74. The number of amides is 2. The molecule has 8 nitrogen and oxygen atoms in total. The Morgan fingerprint density at radius 2 is 2.17 bits per heavy atom. The van der Waals surface area contributed by atoms with Crippen LogP contribution in [0.2, 0.25) is 0 Å². The maximum Gasteiger partial charge on any atom is 0.234 e. The number of H-pyrrole nitrogens is 1. The van der Waals surface area contributed by atoms with E-state index in [0.29, 0.717) is 19.5 Å². The molecule has 0 saturated carbocycles. The molecule has 0 unspecified atom stereocenters. The van der Waals surface area contributed by atoms with Gasteiger partial charge in [0, 0.05) is 25.5 Å². The number of carbonyl (C=O) groups is 2. The Kier molecular flexibility index (Phi) is 4.48. The van der Waals surface area contributed by atoms with E-state index in [1.807, 2.05) is 42.5 Å². The Labute approximate surface area is 174 Å². The molecule has 8 heteroatoms. The van der Waals surface area contributed by atoms with E-state index in [0.717, 1.165) is 16.9 Å². The van der Waals surface area contributed by atoms with E-state index in [4.69, 9.17) is 9.84 Å². The Hall–Kier alpha value is -2.97. The monoisotopic (exact) mass is 408 g/mol. The number of hydrogen-bond acceptors (Lipinski definition) is 5. The van der Waals surface area contributed by atoms with Crippen molar-refractivity contribution >= 4 is 17.5 Å². The predicted octanol–water partition coefficient (Wildman–Crippen LogP) is 0.889. The molecule has 30 heavy (non-hydrogen) atoms. The zero-order valence-electron chi connectivity index (χ0n) is 16.7. The van der Waals surface area contributed by atoms with Crippen LogP contribution in [-0.2, 0) is 27.3 Å². The van der Waals surface area contributed by atoms with Crippen LogP contribution < -0.4 is 4.90 Å². The first-order chi connectivity index (χ1) is 14.5. The number of hydrogen-bond donors (Lipinski definition) is 2. The van der Waals surface area contributed by atoms with E-state index >= 15 is 0 Å². The molecule has 3 aliphatic heterocycles. The van der Waals surface area contributed by atoms with Gasteiger partial charge in [-0.15, -0.1) is 0 Å². The summed E-state index contributed by atoms with van der Waals surface area (Å²) in [4.78, 5) is 30.1.